The third-order valence-corrected chi connectivity index (χ3v) is 5.32. The van der Waals surface area contributed by atoms with E-state index in [4.69, 9.17) is 4.74 Å². The van der Waals surface area contributed by atoms with Crippen LogP contribution in [-0.4, -0.2) is 24.7 Å². The Morgan fingerprint density at radius 2 is 2.39 bits per heavy atom. The van der Waals surface area contributed by atoms with E-state index in [1.807, 2.05) is 0 Å². The normalized spacial score (nSPS) is 26.5. The Hall–Kier alpha value is -0.830. The van der Waals surface area contributed by atoms with Gasteiger partial charge in [0.1, 0.15) is 5.75 Å². The van der Waals surface area contributed by atoms with Crippen molar-refractivity contribution in [2.75, 3.05) is 30.0 Å². The smallest absolute Gasteiger partial charge is 0.124 e. The summed E-state index contributed by atoms with van der Waals surface area (Å²) in [6.45, 7) is 4.29. The average Bonchev–Trinajstić information content (AvgIpc) is 2.84. The molecule has 3 rings (SSSR count). The summed E-state index contributed by atoms with van der Waals surface area (Å²) in [6, 6.07) is 6.38. The Bertz CT molecular complexity index is 427. The van der Waals surface area contributed by atoms with Crippen molar-refractivity contribution in [2.45, 2.75) is 26.2 Å². The van der Waals surface area contributed by atoms with E-state index in [1.54, 1.807) is 0 Å². The lowest BCUT2D eigenvalue weighted by molar-refractivity contribution is 0.185. The quantitative estimate of drug-likeness (QED) is 0.901. The van der Waals surface area contributed by atoms with Crippen LogP contribution in [0.15, 0.2) is 18.2 Å². The molecule has 0 aromatic heterocycles. The number of anilines is 1. The van der Waals surface area contributed by atoms with Gasteiger partial charge in [0, 0.05) is 29.0 Å². The monoisotopic (exact) mass is 263 g/mol. The minimum atomic E-state index is 0.371. The molecular weight excluding hydrogens is 242 g/mol. The summed E-state index contributed by atoms with van der Waals surface area (Å²) >= 11 is 2.05. The number of hydrogen-bond acceptors (Lipinski definition) is 3. The highest BCUT2D eigenvalue weighted by molar-refractivity contribution is 7.99. The molecule has 0 radical (unpaired) electrons. The molecule has 3 heteroatoms. The van der Waals surface area contributed by atoms with Crippen LogP contribution in [0.4, 0.5) is 5.69 Å². The van der Waals surface area contributed by atoms with Crippen LogP contribution < -0.4 is 10.1 Å². The zero-order chi connectivity index (χ0) is 12.4. The molecule has 1 atom stereocenters. The van der Waals surface area contributed by atoms with E-state index in [2.05, 4.69) is 42.2 Å². The van der Waals surface area contributed by atoms with Crippen LogP contribution in [-0.2, 0) is 6.42 Å². The van der Waals surface area contributed by atoms with E-state index in [0.717, 1.165) is 25.3 Å². The molecule has 2 aliphatic rings. The topological polar surface area (TPSA) is 21.3 Å². The van der Waals surface area contributed by atoms with Crippen LogP contribution >= 0.6 is 11.8 Å². The molecule has 1 saturated heterocycles. The predicted molar refractivity (Wildman–Crippen MR) is 78.8 cm³/mol. The number of ether oxygens (including phenoxy) is 1. The predicted octanol–water partition coefficient (Wildman–Crippen LogP) is 3.57. The van der Waals surface area contributed by atoms with Gasteiger partial charge in [-0.2, -0.15) is 11.8 Å². The first-order valence-electron chi connectivity index (χ1n) is 6.83. The van der Waals surface area contributed by atoms with E-state index in [0.29, 0.717) is 5.41 Å². The van der Waals surface area contributed by atoms with Gasteiger partial charge in [0.25, 0.3) is 0 Å². The van der Waals surface area contributed by atoms with Crippen LogP contribution in [0.1, 0.15) is 25.3 Å². The van der Waals surface area contributed by atoms with Gasteiger partial charge in [-0.15, -0.1) is 0 Å². The minimum Gasteiger partial charge on any atom is -0.493 e. The van der Waals surface area contributed by atoms with E-state index in [-0.39, 0.29) is 0 Å². The minimum absolute atomic E-state index is 0.371. The molecule has 18 heavy (non-hydrogen) atoms. The van der Waals surface area contributed by atoms with Crippen molar-refractivity contribution in [3.05, 3.63) is 23.8 Å². The number of rotatable bonds is 3. The molecule has 0 aliphatic carbocycles. The second kappa shape index (κ2) is 5.04. The van der Waals surface area contributed by atoms with Crippen molar-refractivity contribution in [1.82, 2.24) is 0 Å². The molecule has 1 aromatic carbocycles. The lowest BCUT2D eigenvalue weighted by Crippen LogP contribution is -2.25. The summed E-state index contributed by atoms with van der Waals surface area (Å²) in [4.78, 5) is 0. The highest BCUT2D eigenvalue weighted by atomic mass is 32.2. The molecule has 1 N–H and O–H groups in total. The number of nitrogens with one attached hydrogen (secondary N) is 1. The first kappa shape index (κ1) is 12.2. The summed E-state index contributed by atoms with van der Waals surface area (Å²) in [6.07, 6.45) is 3.63. The van der Waals surface area contributed by atoms with Gasteiger partial charge in [-0.1, -0.05) is 13.0 Å². The zero-order valence-electron chi connectivity index (χ0n) is 11.0. The molecule has 1 unspecified atom stereocenters. The lowest BCUT2D eigenvalue weighted by atomic mass is 9.91. The van der Waals surface area contributed by atoms with Gasteiger partial charge in [-0.3, -0.25) is 0 Å². The fourth-order valence-electron chi connectivity index (χ4n) is 2.69. The first-order chi connectivity index (χ1) is 8.77. The van der Waals surface area contributed by atoms with Crippen LogP contribution in [0, 0.1) is 5.41 Å². The largest absolute Gasteiger partial charge is 0.493 e. The Balaban J connectivity index is 1.72. The molecule has 2 heterocycles. The molecule has 0 spiro atoms. The Morgan fingerprint density at radius 3 is 3.22 bits per heavy atom. The second-order valence-corrected chi connectivity index (χ2v) is 6.82. The van der Waals surface area contributed by atoms with E-state index < -0.39 is 0 Å². The van der Waals surface area contributed by atoms with Gasteiger partial charge >= 0.3 is 0 Å². The summed E-state index contributed by atoms with van der Waals surface area (Å²) in [5.74, 6) is 3.62. The van der Waals surface area contributed by atoms with Crippen LogP contribution in [0.2, 0.25) is 0 Å². The molecular formula is C15H21NOS. The van der Waals surface area contributed by atoms with E-state index in [9.17, 15) is 0 Å². The van der Waals surface area contributed by atoms with Gasteiger partial charge in [-0.05, 0) is 37.1 Å². The Kier molecular flexibility index (Phi) is 3.42. The fourth-order valence-corrected chi connectivity index (χ4v) is 4.19. The molecule has 2 aliphatic heterocycles. The Labute approximate surface area is 113 Å². The first-order valence-corrected chi connectivity index (χ1v) is 7.99. The lowest BCUT2D eigenvalue weighted by Gasteiger charge is -2.26. The molecule has 0 amide bonds. The maximum Gasteiger partial charge on any atom is 0.124 e. The highest BCUT2D eigenvalue weighted by Crippen LogP contribution is 2.37. The van der Waals surface area contributed by atoms with Crippen LogP contribution in [0.25, 0.3) is 0 Å². The van der Waals surface area contributed by atoms with Crippen molar-refractivity contribution < 1.29 is 4.74 Å². The van der Waals surface area contributed by atoms with Gasteiger partial charge in [0.05, 0.1) is 6.61 Å². The summed E-state index contributed by atoms with van der Waals surface area (Å²) < 4.78 is 6.14. The standard InChI is InChI=1S/C15H21NOS/c1-15(7-9-18-11-15)10-17-14-6-2-5-13-12(14)4-3-8-16-13/h2,5-6,16H,3-4,7-11H2,1H3. The van der Waals surface area contributed by atoms with E-state index >= 15 is 0 Å². The van der Waals surface area contributed by atoms with Crippen molar-refractivity contribution in [3.63, 3.8) is 0 Å². The Morgan fingerprint density at radius 1 is 1.44 bits per heavy atom. The SMILES string of the molecule is CC1(COc2cccc3c2CCCN3)CCSC1. The maximum absolute atomic E-state index is 6.14. The van der Waals surface area contributed by atoms with Crippen molar-refractivity contribution >= 4 is 17.4 Å². The maximum atomic E-state index is 6.14. The summed E-state index contributed by atoms with van der Waals surface area (Å²) in [5.41, 5.74) is 3.01. The molecule has 0 bridgehead atoms. The van der Waals surface area contributed by atoms with Gasteiger partial charge in [0.15, 0.2) is 0 Å². The van der Waals surface area contributed by atoms with Gasteiger partial charge < -0.3 is 10.1 Å². The van der Waals surface area contributed by atoms with Crippen molar-refractivity contribution in [3.8, 4) is 5.75 Å². The molecule has 98 valence electrons. The molecule has 2 nitrogen and oxygen atoms in total. The van der Waals surface area contributed by atoms with Gasteiger partial charge in [0.2, 0.25) is 0 Å². The summed E-state index contributed by atoms with van der Waals surface area (Å²) in [5, 5.41) is 3.46. The number of benzene rings is 1. The number of thioether (sulfide) groups is 1. The molecule has 1 aromatic rings. The number of hydrogen-bond donors (Lipinski definition) is 1. The van der Waals surface area contributed by atoms with Gasteiger partial charge in [-0.25, -0.2) is 0 Å². The molecule has 0 saturated carbocycles. The van der Waals surface area contributed by atoms with Crippen molar-refractivity contribution in [2.24, 2.45) is 5.41 Å². The third kappa shape index (κ3) is 2.46. The summed E-state index contributed by atoms with van der Waals surface area (Å²) in [7, 11) is 0. The second-order valence-electron chi connectivity index (χ2n) is 5.71. The fraction of sp³-hybridized carbons (Fsp3) is 0.600. The zero-order valence-corrected chi connectivity index (χ0v) is 11.8. The van der Waals surface area contributed by atoms with E-state index in [1.165, 1.54) is 35.6 Å². The van der Waals surface area contributed by atoms with Crippen LogP contribution in [0.5, 0.6) is 5.75 Å². The highest BCUT2D eigenvalue weighted by Gasteiger charge is 2.30. The van der Waals surface area contributed by atoms with Crippen molar-refractivity contribution in [1.29, 1.82) is 0 Å². The average molecular weight is 263 g/mol. The third-order valence-electron chi connectivity index (χ3n) is 3.93. The van der Waals surface area contributed by atoms with Crippen LogP contribution in [0.3, 0.4) is 0 Å². The molecule has 1 fully saturated rings. The number of fused-ring (bicyclic) bond motifs is 1.